The SMILES string of the molecule is C=CC(=O)O[SiH2]C(C)C. The van der Waals surface area contributed by atoms with Gasteiger partial charge in [0.15, 0.2) is 0 Å². The van der Waals surface area contributed by atoms with E-state index in [0.717, 1.165) is 0 Å². The lowest BCUT2D eigenvalue weighted by Crippen LogP contribution is -2.07. The van der Waals surface area contributed by atoms with Gasteiger partial charge in [-0.1, -0.05) is 20.4 Å². The van der Waals surface area contributed by atoms with E-state index in [9.17, 15) is 4.79 Å². The van der Waals surface area contributed by atoms with Gasteiger partial charge in [0.2, 0.25) is 9.76 Å². The van der Waals surface area contributed by atoms with Crippen molar-refractivity contribution in [2.24, 2.45) is 0 Å². The average Bonchev–Trinajstić information content (AvgIpc) is 1.83. The van der Waals surface area contributed by atoms with Gasteiger partial charge in [-0.2, -0.15) is 0 Å². The van der Waals surface area contributed by atoms with E-state index in [4.69, 9.17) is 4.43 Å². The summed E-state index contributed by atoms with van der Waals surface area (Å²) in [5.74, 6) is -0.282. The Balaban J connectivity index is 3.27. The van der Waals surface area contributed by atoms with Gasteiger partial charge in [-0.25, -0.2) is 4.79 Å². The molecule has 0 radical (unpaired) electrons. The molecule has 0 saturated heterocycles. The van der Waals surface area contributed by atoms with Crippen LogP contribution in [-0.4, -0.2) is 15.7 Å². The van der Waals surface area contributed by atoms with E-state index in [1.54, 1.807) is 0 Å². The number of rotatable bonds is 3. The average molecular weight is 144 g/mol. The molecule has 0 spiro atoms. The molecule has 0 aliphatic rings. The maximum Gasteiger partial charge on any atom is 0.316 e. The number of carbonyl (C=O) groups is 1. The molecule has 0 N–H and O–H groups in total. The van der Waals surface area contributed by atoms with Gasteiger partial charge in [0, 0.05) is 6.08 Å². The van der Waals surface area contributed by atoms with Gasteiger partial charge in [-0.15, -0.1) is 0 Å². The van der Waals surface area contributed by atoms with Gasteiger partial charge in [-0.05, 0) is 5.54 Å². The Morgan fingerprint density at radius 3 is 2.67 bits per heavy atom. The molecule has 0 amide bonds. The van der Waals surface area contributed by atoms with Crippen molar-refractivity contribution < 1.29 is 9.22 Å². The van der Waals surface area contributed by atoms with Crippen molar-refractivity contribution in [1.29, 1.82) is 0 Å². The lowest BCUT2D eigenvalue weighted by Gasteiger charge is -2.02. The fourth-order valence-corrected chi connectivity index (χ4v) is 0.923. The molecule has 0 fully saturated rings. The van der Waals surface area contributed by atoms with Crippen LogP contribution in [0.2, 0.25) is 5.54 Å². The second-order valence-electron chi connectivity index (χ2n) is 2.23. The first kappa shape index (κ1) is 8.43. The third kappa shape index (κ3) is 5.30. The van der Waals surface area contributed by atoms with Crippen LogP contribution in [0.5, 0.6) is 0 Å². The van der Waals surface area contributed by atoms with E-state index >= 15 is 0 Å². The first-order valence-electron chi connectivity index (χ1n) is 2.96. The van der Waals surface area contributed by atoms with Gasteiger partial charge in [0.1, 0.15) is 0 Å². The van der Waals surface area contributed by atoms with E-state index in [2.05, 4.69) is 6.58 Å². The molecule has 0 rings (SSSR count). The molecule has 52 valence electrons. The zero-order chi connectivity index (χ0) is 7.28. The van der Waals surface area contributed by atoms with Crippen LogP contribution in [0.4, 0.5) is 0 Å². The largest absolute Gasteiger partial charge is 0.522 e. The van der Waals surface area contributed by atoms with E-state index in [0.29, 0.717) is 5.54 Å². The highest BCUT2D eigenvalue weighted by atomic mass is 28.2. The summed E-state index contributed by atoms with van der Waals surface area (Å²) < 4.78 is 4.83. The van der Waals surface area contributed by atoms with Gasteiger partial charge >= 0.3 is 5.97 Å². The maximum absolute atomic E-state index is 10.4. The van der Waals surface area contributed by atoms with Gasteiger partial charge in [-0.3, -0.25) is 0 Å². The van der Waals surface area contributed by atoms with Crippen LogP contribution >= 0.6 is 0 Å². The van der Waals surface area contributed by atoms with Crippen molar-refractivity contribution in [2.45, 2.75) is 19.4 Å². The molecular formula is C6H12O2Si. The Morgan fingerprint density at radius 2 is 2.33 bits per heavy atom. The molecule has 9 heavy (non-hydrogen) atoms. The Morgan fingerprint density at radius 1 is 1.78 bits per heavy atom. The van der Waals surface area contributed by atoms with E-state index < -0.39 is 9.76 Å². The highest BCUT2D eigenvalue weighted by Gasteiger charge is 1.98. The predicted octanol–water partition coefficient (Wildman–Crippen LogP) is 0.628. The minimum absolute atomic E-state index is 0.282. The summed E-state index contributed by atoms with van der Waals surface area (Å²) in [5, 5.41) is 0. The molecule has 0 aromatic rings. The highest BCUT2D eigenvalue weighted by molar-refractivity contribution is 6.32. The van der Waals surface area contributed by atoms with Crippen molar-refractivity contribution in [3.63, 3.8) is 0 Å². The summed E-state index contributed by atoms with van der Waals surface area (Å²) in [5.41, 5.74) is 0.536. The number of carbonyl (C=O) groups excluding carboxylic acids is 1. The molecule has 0 aromatic heterocycles. The third-order valence-corrected chi connectivity index (χ3v) is 1.84. The van der Waals surface area contributed by atoms with Crippen LogP contribution in [0, 0.1) is 0 Å². The smallest absolute Gasteiger partial charge is 0.316 e. The minimum Gasteiger partial charge on any atom is -0.522 e. The summed E-state index contributed by atoms with van der Waals surface area (Å²) in [6, 6.07) is 0. The quantitative estimate of drug-likeness (QED) is 0.429. The standard InChI is InChI=1S/C6H12O2Si/c1-4-6(7)8-9-5(2)3/h4-5H,1,9H2,2-3H3. The molecule has 2 nitrogen and oxygen atoms in total. The Bertz CT molecular complexity index is 110. The zero-order valence-electron chi connectivity index (χ0n) is 5.89. The number of hydrogen-bond acceptors (Lipinski definition) is 2. The summed E-state index contributed by atoms with van der Waals surface area (Å²) in [4.78, 5) is 10.4. The third-order valence-electron chi connectivity index (χ3n) is 0.726. The van der Waals surface area contributed by atoms with Crippen LogP contribution < -0.4 is 0 Å². The predicted molar refractivity (Wildman–Crippen MR) is 39.9 cm³/mol. The summed E-state index contributed by atoms with van der Waals surface area (Å²) in [6.07, 6.45) is 1.20. The molecule has 0 aliphatic heterocycles. The lowest BCUT2D eigenvalue weighted by molar-refractivity contribution is -0.129. The Labute approximate surface area is 57.8 Å². The fourth-order valence-electron chi connectivity index (χ4n) is 0.308. The molecule has 0 heterocycles. The first-order valence-corrected chi connectivity index (χ1v) is 4.35. The zero-order valence-corrected chi connectivity index (χ0v) is 7.30. The highest BCUT2D eigenvalue weighted by Crippen LogP contribution is 1.96. The van der Waals surface area contributed by atoms with Crippen molar-refractivity contribution in [1.82, 2.24) is 0 Å². The van der Waals surface area contributed by atoms with E-state index in [-0.39, 0.29) is 5.97 Å². The van der Waals surface area contributed by atoms with Gasteiger partial charge in [0.25, 0.3) is 0 Å². The molecule has 0 bridgehead atoms. The van der Waals surface area contributed by atoms with Crippen molar-refractivity contribution >= 4 is 15.7 Å². The molecule has 0 atom stereocenters. The van der Waals surface area contributed by atoms with Crippen molar-refractivity contribution in [3.8, 4) is 0 Å². The molecular weight excluding hydrogens is 132 g/mol. The van der Waals surface area contributed by atoms with Crippen molar-refractivity contribution in [2.75, 3.05) is 0 Å². The molecule has 0 saturated carbocycles. The van der Waals surface area contributed by atoms with Crippen LogP contribution in [0.15, 0.2) is 12.7 Å². The summed E-state index contributed by atoms with van der Waals surface area (Å²) in [6.45, 7) is 7.37. The van der Waals surface area contributed by atoms with Crippen LogP contribution in [0.3, 0.4) is 0 Å². The molecule has 0 unspecified atom stereocenters. The fraction of sp³-hybridized carbons (Fsp3) is 0.500. The monoisotopic (exact) mass is 144 g/mol. The second-order valence-corrected chi connectivity index (χ2v) is 4.48. The molecule has 0 aliphatic carbocycles. The first-order chi connectivity index (χ1) is 4.16. The summed E-state index contributed by atoms with van der Waals surface area (Å²) >= 11 is 0. The van der Waals surface area contributed by atoms with Gasteiger partial charge < -0.3 is 4.43 Å². The van der Waals surface area contributed by atoms with E-state index in [1.165, 1.54) is 6.08 Å². The number of hydrogen-bond donors (Lipinski definition) is 0. The van der Waals surface area contributed by atoms with Crippen molar-refractivity contribution in [3.05, 3.63) is 12.7 Å². The minimum atomic E-state index is -0.633. The molecule has 3 heteroatoms. The normalized spacial score (nSPS) is 10.6. The molecule has 0 aromatic carbocycles. The Hall–Kier alpha value is -0.573. The van der Waals surface area contributed by atoms with Gasteiger partial charge in [0.05, 0.1) is 0 Å². The topological polar surface area (TPSA) is 26.3 Å². The summed E-state index contributed by atoms with van der Waals surface area (Å²) in [7, 11) is -0.633. The van der Waals surface area contributed by atoms with Crippen LogP contribution in [0.25, 0.3) is 0 Å². The maximum atomic E-state index is 10.4. The lowest BCUT2D eigenvalue weighted by atomic mass is 10.6. The van der Waals surface area contributed by atoms with Crippen LogP contribution in [0.1, 0.15) is 13.8 Å². The van der Waals surface area contributed by atoms with Crippen LogP contribution in [-0.2, 0) is 9.22 Å². The van der Waals surface area contributed by atoms with E-state index in [1.807, 2.05) is 13.8 Å². The second kappa shape index (κ2) is 4.32. The Kier molecular flexibility index (Phi) is 4.04.